The van der Waals surface area contributed by atoms with E-state index in [1.807, 2.05) is 42.5 Å². The van der Waals surface area contributed by atoms with Crippen LogP contribution < -0.4 is 14.8 Å². The van der Waals surface area contributed by atoms with Gasteiger partial charge < -0.3 is 15.0 Å². The average Bonchev–Trinajstić information content (AvgIpc) is 3.96. The average molecular weight is 661 g/mol. The standard InChI is InChI=1S/C34H40N6O6S/c41-29-12-6-4-2-1-3-5-9-22-19-34(22,33(43)38-47(44,45)24-15-16-24)36-32(42)28-17-23(20-39(28)29)46-30-18-27(21-13-14-21)35-31-25-10-7-8-11-26(25)37-40(30)31/h5,7-11,18,21-24,28H,1-4,6,12-17,19-20H2,(H,36,42)(H,38,43)/b9-5-/t22-,23+,28-,34+/m0/s1. The quantitative estimate of drug-likeness (QED) is 0.382. The van der Waals surface area contributed by atoms with Crippen molar-refractivity contribution in [2.45, 2.75) is 106 Å². The Balaban J connectivity index is 1.08. The lowest BCUT2D eigenvalue weighted by molar-refractivity contribution is -0.139. The van der Waals surface area contributed by atoms with Crippen LogP contribution in [0.5, 0.6) is 5.88 Å². The number of carbonyl (C=O) groups is 3. The number of aromatic nitrogens is 3. The summed E-state index contributed by atoms with van der Waals surface area (Å²) in [5, 5.41) is 8.05. The molecule has 3 amide bonds. The van der Waals surface area contributed by atoms with Gasteiger partial charge in [0.2, 0.25) is 27.7 Å². The summed E-state index contributed by atoms with van der Waals surface area (Å²) in [5.74, 6) is -0.759. The van der Waals surface area contributed by atoms with Crippen LogP contribution in [0, 0.1) is 5.92 Å². The minimum atomic E-state index is -3.81. The summed E-state index contributed by atoms with van der Waals surface area (Å²) in [7, 11) is -3.81. The minimum absolute atomic E-state index is 0.130. The molecule has 0 radical (unpaired) electrons. The molecule has 3 saturated carbocycles. The highest BCUT2D eigenvalue weighted by molar-refractivity contribution is 7.91. The fourth-order valence-electron chi connectivity index (χ4n) is 7.14. The lowest BCUT2D eigenvalue weighted by Crippen LogP contribution is -2.56. The van der Waals surface area contributed by atoms with Gasteiger partial charge in [-0.05, 0) is 63.5 Å². The zero-order valence-electron chi connectivity index (χ0n) is 26.3. The van der Waals surface area contributed by atoms with E-state index in [-0.39, 0.29) is 24.8 Å². The van der Waals surface area contributed by atoms with Crippen LogP contribution in [0.25, 0.3) is 16.6 Å². The second kappa shape index (κ2) is 11.6. The first-order chi connectivity index (χ1) is 22.7. The zero-order chi connectivity index (χ0) is 32.3. The van der Waals surface area contributed by atoms with E-state index < -0.39 is 44.8 Å². The highest BCUT2D eigenvalue weighted by Gasteiger charge is 2.62. The van der Waals surface area contributed by atoms with Crippen molar-refractivity contribution < 1.29 is 27.5 Å². The smallest absolute Gasteiger partial charge is 0.259 e. The summed E-state index contributed by atoms with van der Waals surface area (Å²) in [6.07, 6.45) is 11.8. The summed E-state index contributed by atoms with van der Waals surface area (Å²) >= 11 is 0. The molecule has 2 N–H and O–H groups in total. The van der Waals surface area contributed by atoms with E-state index in [1.54, 1.807) is 9.42 Å². The number of hydrogen-bond donors (Lipinski definition) is 2. The second-order valence-corrected chi connectivity index (χ2v) is 15.9. The van der Waals surface area contributed by atoms with Crippen LogP contribution in [0.4, 0.5) is 0 Å². The van der Waals surface area contributed by atoms with Gasteiger partial charge in [0.25, 0.3) is 5.91 Å². The molecule has 2 aromatic heterocycles. The molecule has 4 fully saturated rings. The molecule has 4 heterocycles. The maximum atomic E-state index is 14.1. The molecule has 12 nitrogen and oxygen atoms in total. The number of allylic oxidation sites excluding steroid dienone is 1. The van der Waals surface area contributed by atoms with Crippen LogP contribution in [0.3, 0.4) is 0 Å². The molecule has 4 atom stereocenters. The van der Waals surface area contributed by atoms with Crippen LogP contribution in [0.15, 0.2) is 42.5 Å². The lowest BCUT2D eigenvalue weighted by Gasteiger charge is -2.26. The number of benzene rings is 1. The number of carbonyl (C=O) groups excluding carboxylic acids is 3. The van der Waals surface area contributed by atoms with Crippen LogP contribution in [-0.2, 0) is 24.4 Å². The van der Waals surface area contributed by atoms with Gasteiger partial charge in [-0.2, -0.15) is 9.61 Å². The van der Waals surface area contributed by atoms with Gasteiger partial charge in [0.1, 0.15) is 17.7 Å². The first-order valence-electron chi connectivity index (χ1n) is 17.0. The molecule has 3 aromatic rings. The maximum absolute atomic E-state index is 14.1. The molecular weight excluding hydrogens is 620 g/mol. The highest BCUT2D eigenvalue weighted by Crippen LogP contribution is 2.46. The van der Waals surface area contributed by atoms with Gasteiger partial charge in [0.05, 0.1) is 23.0 Å². The Labute approximate surface area is 273 Å². The SMILES string of the molecule is O=C1N[C@]2(C(=O)NS(=O)(=O)C3CC3)C[C@@H]2/C=C\CCCCCCC(=O)N2C[C@H](Oc3cc(C4CC4)nc4c5ccccc5nn34)C[C@@H]12. The summed E-state index contributed by atoms with van der Waals surface area (Å²) in [4.78, 5) is 47.8. The number of nitrogens with one attached hydrogen (secondary N) is 2. The molecule has 0 spiro atoms. The van der Waals surface area contributed by atoms with E-state index in [1.165, 1.54) is 0 Å². The van der Waals surface area contributed by atoms with Gasteiger partial charge in [0, 0.05) is 36.1 Å². The van der Waals surface area contributed by atoms with Crippen LogP contribution in [0.1, 0.15) is 88.7 Å². The Bertz CT molecular complexity index is 1900. The second-order valence-electron chi connectivity index (χ2n) is 13.9. The number of amides is 3. The minimum Gasteiger partial charge on any atom is -0.472 e. The molecule has 47 heavy (non-hydrogen) atoms. The Morgan fingerprint density at radius 3 is 2.68 bits per heavy atom. The number of sulfonamides is 1. The Morgan fingerprint density at radius 2 is 1.87 bits per heavy atom. The Morgan fingerprint density at radius 1 is 1.06 bits per heavy atom. The molecule has 0 unspecified atom stereocenters. The molecule has 1 aromatic carbocycles. The van der Waals surface area contributed by atoms with E-state index in [2.05, 4.69) is 10.0 Å². The Hall–Kier alpha value is -4.00. The molecule has 5 aliphatic rings. The normalized spacial score (nSPS) is 29.4. The third-order valence-corrected chi connectivity index (χ3v) is 12.1. The van der Waals surface area contributed by atoms with E-state index in [0.29, 0.717) is 43.1 Å². The number of hydrogen-bond acceptors (Lipinski definition) is 8. The maximum Gasteiger partial charge on any atom is 0.259 e. The summed E-state index contributed by atoms with van der Waals surface area (Å²) < 4.78 is 36.0. The molecule has 1 saturated heterocycles. The van der Waals surface area contributed by atoms with Crippen LogP contribution in [-0.4, -0.2) is 75.1 Å². The number of nitrogens with zero attached hydrogens (tertiary/aromatic N) is 4. The van der Waals surface area contributed by atoms with Crippen molar-refractivity contribution in [2.75, 3.05) is 6.54 Å². The highest BCUT2D eigenvalue weighted by atomic mass is 32.2. The summed E-state index contributed by atoms with van der Waals surface area (Å²) in [5.41, 5.74) is 1.08. The van der Waals surface area contributed by atoms with Gasteiger partial charge in [-0.25, -0.2) is 13.4 Å². The van der Waals surface area contributed by atoms with Crippen molar-refractivity contribution in [1.29, 1.82) is 0 Å². The Kier molecular flexibility index (Phi) is 7.49. The topological polar surface area (TPSA) is 152 Å². The van der Waals surface area contributed by atoms with Crippen LogP contribution >= 0.6 is 0 Å². The first kappa shape index (κ1) is 30.3. The number of fused-ring (bicyclic) bond motifs is 5. The molecule has 3 aliphatic carbocycles. The van der Waals surface area contributed by atoms with E-state index in [4.69, 9.17) is 14.8 Å². The van der Waals surface area contributed by atoms with Gasteiger partial charge >= 0.3 is 0 Å². The van der Waals surface area contributed by atoms with Gasteiger partial charge in [-0.3, -0.25) is 19.1 Å². The van der Waals surface area contributed by atoms with Crippen molar-refractivity contribution in [2.24, 2.45) is 5.92 Å². The molecule has 0 bridgehead atoms. The van der Waals surface area contributed by atoms with Crippen molar-refractivity contribution >= 4 is 44.3 Å². The van der Waals surface area contributed by atoms with Crippen molar-refractivity contribution in [3.8, 4) is 5.88 Å². The van der Waals surface area contributed by atoms with Gasteiger partial charge in [0.15, 0.2) is 5.65 Å². The predicted molar refractivity (Wildman–Crippen MR) is 173 cm³/mol. The van der Waals surface area contributed by atoms with E-state index >= 15 is 0 Å². The summed E-state index contributed by atoms with van der Waals surface area (Å²) in [6, 6.07) is 8.86. The van der Waals surface area contributed by atoms with Crippen molar-refractivity contribution in [3.63, 3.8) is 0 Å². The monoisotopic (exact) mass is 660 g/mol. The third-order valence-electron chi connectivity index (χ3n) is 10.3. The van der Waals surface area contributed by atoms with Crippen molar-refractivity contribution in [1.82, 2.24) is 29.5 Å². The zero-order valence-corrected chi connectivity index (χ0v) is 27.1. The number of rotatable bonds is 6. The molecular formula is C34H40N6O6S. The lowest BCUT2D eigenvalue weighted by atomic mass is 10.1. The molecule has 8 rings (SSSR count). The van der Waals surface area contributed by atoms with Gasteiger partial charge in [-0.1, -0.05) is 37.1 Å². The van der Waals surface area contributed by atoms with Crippen LogP contribution in [0.2, 0.25) is 0 Å². The van der Waals surface area contributed by atoms with E-state index in [9.17, 15) is 22.8 Å². The van der Waals surface area contributed by atoms with Gasteiger partial charge in [-0.15, -0.1) is 0 Å². The summed E-state index contributed by atoms with van der Waals surface area (Å²) in [6.45, 7) is 0.207. The first-order valence-corrected chi connectivity index (χ1v) is 18.6. The fraction of sp³-hybridized carbons (Fsp3) is 0.559. The molecule has 248 valence electrons. The number of ether oxygens (including phenoxy) is 1. The largest absolute Gasteiger partial charge is 0.472 e. The van der Waals surface area contributed by atoms with Crippen molar-refractivity contribution in [3.05, 3.63) is 48.2 Å². The predicted octanol–water partition coefficient (Wildman–Crippen LogP) is 3.50. The molecule has 13 heteroatoms. The van der Waals surface area contributed by atoms with E-state index in [0.717, 1.165) is 61.5 Å². The third kappa shape index (κ3) is 5.87. The molecule has 2 aliphatic heterocycles. The fourth-order valence-corrected chi connectivity index (χ4v) is 8.50.